The van der Waals surface area contributed by atoms with E-state index in [-0.39, 0.29) is 31.7 Å². The lowest BCUT2D eigenvalue weighted by Gasteiger charge is -2.21. The molecule has 0 unspecified atom stereocenters. The van der Waals surface area contributed by atoms with Crippen LogP contribution in [0, 0.1) is 5.82 Å². The number of hydrogen-bond donors (Lipinski definition) is 3. The van der Waals surface area contributed by atoms with Gasteiger partial charge in [0, 0.05) is 18.7 Å². The van der Waals surface area contributed by atoms with Crippen molar-refractivity contribution in [1.29, 1.82) is 0 Å². The number of benzene rings is 1. The van der Waals surface area contributed by atoms with Crippen LogP contribution < -0.4 is 14.8 Å². The number of nitrogens with zero attached hydrogens (tertiary/aromatic N) is 2. The predicted octanol–water partition coefficient (Wildman–Crippen LogP) is 2.82. The molecule has 0 aliphatic carbocycles. The number of aliphatic hydroxyl groups is 1. The molecular weight excluding hydrogens is 431 g/mol. The largest absolute Gasteiger partial charge is 0.496 e. The molecule has 0 spiro atoms. The van der Waals surface area contributed by atoms with Crippen molar-refractivity contribution in [3.63, 3.8) is 0 Å². The highest BCUT2D eigenvalue weighted by Crippen LogP contribution is 2.27. The van der Waals surface area contributed by atoms with Crippen LogP contribution in [0.25, 0.3) is 11.2 Å². The van der Waals surface area contributed by atoms with E-state index < -0.39 is 12.2 Å². The average molecular weight is 461 g/mol. The van der Waals surface area contributed by atoms with Gasteiger partial charge in [-0.15, -0.1) is 0 Å². The SMILES string of the molecule is CCO[C@H]1[C@@H](CO)OC[C@H]1Oc1nc2nc(NCc3c(F)cccc3OC)c(CC)cc2[nH]1. The Morgan fingerprint density at radius 1 is 1.30 bits per heavy atom. The average Bonchev–Trinajstić information content (AvgIpc) is 3.40. The summed E-state index contributed by atoms with van der Waals surface area (Å²) in [5.74, 6) is 0.742. The molecule has 3 atom stereocenters. The van der Waals surface area contributed by atoms with Crippen molar-refractivity contribution in [2.45, 2.75) is 45.1 Å². The molecule has 2 aromatic heterocycles. The van der Waals surface area contributed by atoms with E-state index in [0.29, 0.717) is 35.4 Å². The van der Waals surface area contributed by atoms with Gasteiger partial charge in [0.05, 0.1) is 25.8 Å². The number of fused-ring (bicyclic) bond motifs is 1. The molecule has 0 amide bonds. The van der Waals surface area contributed by atoms with Crippen LogP contribution in [0.15, 0.2) is 24.3 Å². The summed E-state index contributed by atoms with van der Waals surface area (Å²) in [4.78, 5) is 12.2. The highest BCUT2D eigenvalue weighted by atomic mass is 19.1. The monoisotopic (exact) mass is 460 g/mol. The molecule has 0 saturated carbocycles. The number of aryl methyl sites for hydroxylation is 1. The molecule has 0 radical (unpaired) electrons. The van der Waals surface area contributed by atoms with Crippen molar-refractivity contribution in [3.8, 4) is 11.8 Å². The molecule has 1 fully saturated rings. The Bertz CT molecular complexity index is 1090. The van der Waals surface area contributed by atoms with Gasteiger partial charge in [0.2, 0.25) is 0 Å². The van der Waals surface area contributed by atoms with E-state index in [4.69, 9.17) is 18.9 Å². The van der Waals surface area contributed by atoms with Gasteiger partial charge in [-0.2, -0.15) is 4.98 Å². The fourth-order valence-corrected chi connectivity index (χ4v) is 3.97. The Morgan fingerprint density at radius 3 is 2.88 bits per heavy atom. The molecule has 1 saturated heterocycles. The molecule has 1 aliphatic heterocycles. The molecule has 1 aromatic carbocycles. The van der Waals surface area contributed by atoms with Gasteiger partial charge in [-0.25, -0.2) is 9.37 Å². The van der Waals surface area contributed by atoms with Gasteiger partial charge >= 0.3 is 0 Å². The first kappa shape index (κ1) is 23.2. The summed E-state index contributed by atoms with van der Waals surface area (Å²) in [6.07, 6.45) is -0.509. The van der Waals surface area contributed by atoms with Crippen molar-refractivity contribution in [3.05, 3.63) is 41.2 Å². The predicted molar refractivity (Wildman–Crippen MR) is 120 cm³/mol. The minimum absolute atomic E-state index is 0.145. The first-order chi connectivity index (χ1) is 16.1. The summed E-state index contributed by atoms with van der Waals surface area (Å²) < 4.78 is 36.9. The van der Waals surface area contributed by atoms with Gasteiger partial charge in [0.1, 0.15) is 29.6 Å². The molecule has 0 bridgehead atoms. The third kappa shape index (κ3) is 4.87. The summed E-state index contributed by atoms with van der Waals surface area (Å²) >= 11 is 0. The Kier molecular flexibility index (Phi) is 7.26. The zero-order chi connectivity index (χ0) is 23.4. The molecule has 10 heteroatoms. The highest BCUT2D eigenvalue weighted by Gasteiger charge is 2.39. The van der Waals surface area contributed by atoms with Crippen LogP contribution in [0.2, 0.25) is 0 Å². The number of hydrogen-bond acceptors (Lipinski definition) is 8. The van der Waals surface area contributed by atoms with Gasteiger partial charge in [0.25, 0.3) is 6.01 Å². The lowest BCUT2D eigenvalue weighted by atomic mass is 10.1. The minimum atomic E-state index is -0.435. The Morgan fingerprint density at radius 2 is 2.15 bits per heavy atom. The molecule has 3 N–H and O–H groups in total. The van der Waals surface area contributed by atoms with Crippen LogP contribution in [0.5, 0.6) is 11.8 Å². The van der Waals surface area contributed by atoms with Crippen LogP contribution >= 0.6 is 0 Å². The summed E-state index contributed by atoms with van der Waals surface area (Å²) in [6.45, 7) is 4.74. The first-order valence-electron chi connectivity index (χ1n) is 11.0. The summed E-state index contributed by atoms with van der Waals surface area (Å²) in [6, 6.07) is 6.98. The molecule has 178 valence electrons. The Balaban J connectivity index is 1.54. The highest BCUT2D eigenvalue weighted by molar-refractivity contribution is 5.75. The third-order valence-electron chi connectivity index (χ3n) is 5.65. The second kappa shape index (κ2) is 10.3. The normalized spacial score (nSPS) is 20.3. The van der Waals surface area contributed by atoms with E-state index in [1.54, 1.807) is 12.1 Å². The number of ether oxygens (including phenoxy) is 4. The number of rotatable bonds is 10. The van der Waals surface area contributed by atoms with Crippen molar-refractivity contribution < 1.29 is 28.4 Å². The summed E-state index contributed by atoms with van der Waals surface area (Å²) in [7, 11) is 1.51. The fourth-order valence-electron chi connectivity index (χ4n) is 3.97. The molecule has 3 aromatic rings. The Labute approximate surface area is 191 Å². The van der Waals surface area contributed by atoms with E-state index >= 15 is 0 Å². The van der Waals surface area contributed by atoms with Crippen LogP contribution in [0.1, 0.15) is 25.0 Å². The number of aromatic amines is 1. The topological polar surface area (TPSA) is 111 Å². The number of H-pyrrole nitrogens is 1. The van der Waals surface area contributed by atoms with E-state index in [2.05, 4.69) is 20.3 Å². The van der Waals surface area contributed by atoms with Crippen LogP contribution in [-0.4, -0.2) is 65.3 Å². The number of pyridine rings is 1. The molecule has 33 heavy (non-hydrogen) atoms. The van der Waals surface area contributed by atoms with Crippen LogP contribution in [0.3, 0.4) is 0 Å². The van der Waals surface area contributed by atoms with Crippen molar-refractivity contribution in [1.82, 2.24) is 15.0 Å². The number of aliphatic hydroxyl groups excluding tert-OH is 1. The van der Waals surface area contributed by atoms with Crippen LogP contribution in [0.4, 0.5) is 10.2 Å². The van der Waals surface area contributed by atoms with Gasteiger partial charge < -0.3 is 34.4 Å². The number of anilines is 1. The lowest BCUT2D eigenvalue weighted by molar-refractivity contribution is -0.0454. The van der Waals surface area contributed by atoms with Gasteiger partial charge in [-0.05, 0) is 37.1 Å². The maximum absolute atomic E-state index is 14.3. The van der Waals surface area contributed by atoms with Crippen molar-refractivity contribution in [2.24, 2.45) is 0 Å². The van der Waals surface area contributed by atoms with E-state index in [0.717, 1.165) is 17.5 Å². The maximum Gasteiger partial charge on any atom is 0.296 e. The molecule has 9 nitrogen and oxygen atoms in total. The van der Waals surface area contributed by atoms with E-state index in [9.17, 15) is 9.50 Å². The van der Waals surface area contributed by atoms with Gasteiger partial charge in [0.15, 0.2) is 11.8 Å². The number of imidazole rings is 1. The molecule has 3 heterocycles. The zero-order valence-corrected chi connectivity index (χ0v) is 18.9. The second-order valence-electron chi connectivity index (χ2n) is 7.67. The van der Waals surface area contributed by atoms with Crippen LogP contribution in [-0.2, 0) is 22.4 Å². The standard InChI is InChI=1S/C23H29FN4O5/c1-4-13-9-16-22(27-21(13)25-10-14-15(24)7-6-8-17(14)30-3)28-23(26-16)33-19-12-32-18(11-29)20(19)31-5-2/h6-9,18-20,29H,4-5,10-12H2,1-3H3,(H2,25,26,27,28)/t18-,19-,20+/m1/s1. The number of nitrogens with one attached hydrogen (secondary N) is 2. The lowest BCUT2D eigenvalue weighted by Crippen LogP contribution is -2.38. The minimum Gasteiger partial charge on any atom is -0.496 e. The zero-order valence-electron chi connectivity index (χ0n) is 18.9. The number of methoxy groups -OCH3 is 1. The first-order valence-corrected chi connectivity index (χ1v) is 11.0. The third-order valence-corrected chi connectivity index (χ3v) is 5.65. The number of aromatic nitrogens is 3. The quantitative estimate of drug-likeness (QED) is 0.424. The fraction of sp³-hybridized carbons (Fsp3) is 0.478. The molecule has 1 aliphatic rings. The van der Waals surface area contributed by atoms with E-state index in [1.165, 1.54) is 13.2 Å². The summed E-state index contributed by atoms with van der Waals surface area (Å²) in [5, 5.41) is 12.7. The smallest absolute Gasteiger partial charge is 0.296 e. The van der Waals surface area contributed by atoms with Crippen molar-refractivity contribution >= 4 is 17.0 Å². The van der Waals surface area contributed by atoms with Gasteiger partial charge in [-0.3, -0.25) is 0 Å². The van der Waals surface area contributed by atoms with E-state index in [1.807, 2.05) is 19.9 Å². The summed E-state index contributed by atoms with van der Waals surface area (Å²) in [5.41, 5.74) is 2.57. The second-order valence-corrected chi connectivity index (χ2v) is 7.67. The van der Waals surface area contributed by atoms with Crippen molar-refractivity contribution in [2.75, 3.05) is 32.2 Å². The van der Waals surface area contributed by atoms with Gasteiger partial charge in [-0.1, -0.05) is 13.0 Å². The molecule has 4 rings (SSSR count). The molecular formula is C23H29FN4O5. The Hall–Kier alpha value is -2.95. The maximum atomic E-state index is 14.3. The number of halogens is 1.